The number of allylic oxidation sites excluding steroid dienone is 1. The first kappa shape index (κ1) is 9.52. The molecule has 3 heteroatoms. The molecular weight excluding hydrogens is 186 g/mol. The summed E-state index contributed by atoms with van der Waals surface area (Å²) in [6, 6.07) is 10.2. The third kappa shape index (κ3) is 2.71. The van der Waals surface area contributed by atoms with Crippen molar-refractivity contribution in [2.75, 3.05) is 5.73 Å². The Kier molecular flexibility index (Phi) is 2.83. The molecule has 0 saturated heterocycles. The minimum absolute atomic E-state index is 0.697. The summed E-state index contributed by atoms with van der Waals surface area (Å²) in [6.45, 7) is 0.742. The van der Waals surface area contributed by atoms with Gasteiger partial charge in [-0.25, -0.2) is 0 Å². The molecule has 15 heavy (non-hydrogen) atoms. The van der Waals surface area contributed by atoms with Crippen molar-refractivity contribution in [3.63, 3.8) is 0 Å². The average Bonchev–Trinajstić information content (AvgIpc) is 2.66. The molecule has 2 N–H and O–H groups in total. The molecule has 0 radical (unpaired) electrons. The van der Waals surface area contributed by atoms with Gasteiger partial charge >= 0.3 is 0 Å². The zero-order valence-electron chi connectivity index (χ0n) is 8.38. The van der Waals surface area contributed by atoms with E-state index in [2.05, 4.69) is 29.4 Å². The molecule has 0 amide bonds. The summed E-state index contributed by atoms with van der Waals surface area (Å²) in [6.07, 6.45) is 7.59. The third-order valence-electron chi connectivity index (χ3n) is 2.06. The van der Waals surface area contributed by atoms with Crippen molar-refractivity contribution in [2.24, 2.45) is 0 Å². The lowest BCUT2D eigenvalue weighted by molar-refractivity contribution is 0.703. The molecule has 1 aromatic carbocycles. The molecular formula is C12H13N3. The molecule has 0 aliphatic rings. The zero-order valence-corrected chi connectivity index (χ0v) is 8.38. The Morgan fingerprint density at radius 1 is 1.27 bits per heavy atom. The van der Waals surface area contributed by atoms with E-state index in [0.717, 1.165) is 6.54 Å². The molecule has 2 aromatic rings. The molecule has 0 fully saturated rings. The standard InChI is InChI=1S/C12H13N3/c13-12-9-14-15(10-12)8-4-7-11-5-2-1-3-6-11/h1-7,9-10H,8,13H2/b7-4+. The van der Waals surface area contributed by atoms with Crippen LogP contribution in [0.1, 0.15) is 5.56 Å². The number of hydrogen-bond donors (Lipinski definition) is 1. The maximum Gasteiger partial charge on any atom is 0.0719 e. The molecule has 0 saturated carbocycles. The van der Waals surface area contributed by atoms with E-state index in [0.29, 0.717) is 5.69 Å². The summed E-state index contributed by atoms with van der Waals surface area (Å²) in [5, 5.41) is 4.09. The molecule has 0 aliphatic carbocycles. The first-order valence-electron chi connectivity index (χ1n) is 4.84. The molecule has 0 aliphatic heterocycles. The predicted molar refractivity (Wildman–Crippen MR) is 62.1 cm³/mol. The first-order valence-corrected chi connectivity index (χ1v) is 4.84. The van der Waals surface area contributed by atoms with Crippen LogP contribution in [0.15, 0.2) is 48.8 Å². The lowest BCUT2D eigenvalue weighted by Crippen LogP contribution is -1.94. The Bertz CT molecular complexity index is 443. The molecule has 3 nitrogen and oxygen atoms in total. The summed E-state index contributed by atoms with van der Waals surface area (Å²) in [5.41, 5.74) is 7.44. The van der Waals surface area contributed by atoms with Gasteiger partial charge in [0.1, 0.15) is 0 Å². The number of nitrogens with two attached hydrogens (primary N) is 1. The van der Waals surface area contributed by atoms with Crippen LogP contribution in [0.3, 0.4) is 0 Å². The Labute approximate surface area is 88.8 Å². The number of anilines is 1. The fourth-order valence-electron chi connectivity index (χ4n) is 1.34. The van der Waals surface area contributed by atoms with E-state index in [-0.39, 0.29) is 0 Å². The molecule has 0 unspecified atom stereocenters. The van der Waals surface area contributed by atoms with E-state index in [1.807, 2.05) is 24.4 Å². The van der Waals surface area contributed by atoms with E-state index in [1.165, 1.54) is 5.56 Å². The van der Waals surface area contributed by atoms with Crippen LogP contribution < -0.4 is 5.73 Å². The van der Waals surface area contributed by atoms with Crippen LogP contribution in [0, 0.1) is 0 Å². The van der Waals surface area contributed by atoms with Gasteiger partial charge in [0.2, 0.25) is 0 Å². The number of aromatic nitrogens is 2. The van der Waals surface area contributed by atoms with Crippen LogP contribution in [0.5, 0.6) is 0 Å². The van der Waals surface area contributed by atoms with Crippen LogP contribution in [0.2, 0.25) is 0 Å². The highest BCUT2D eigenvalue weighted by Crippen LogP contribution is 2.02. The summed E-state index contributed by atoms with van der Waals surface area (Å²) in [7, 11) is 0. The Balaban J connectivity index is 1.96. The van der Waals surface area contributed by atoms with Gasteiger partial charge in [-0.05, 0) is 5.56 Å². The number of nitrogens with zero attached hydrogens (tertiary/aromatic N) is 2. The number of nitrogen functional groups attached to an aromatic ring is 1. The summed E-state index contributed by atoms with van der Waals surface area (Å²) >= 11 is 0. The quantitative estimate of drug-likeness (QED) is 0.823. The Hall–Kier alpha value is -2.03. The van der Waals surface area contributed by atoms with Crippen molar-refractivity contribution >= 4 is 11.8 Å². The van der Waals surface area contributed by atoms with Crippen molar-refractivity contribution in [3.8, 4) is 0 Å². The number of rotatable bonds is 3. The van der Waals surface area contributed by atoms with Crippen LogP contribution in [-0.2, 0) is 6.54 Å². The second kappa shape index (κ2) is 4.46. The minimum atomic E-state index is 0.697. The maximum absolute atomic E-state index is 5.55. The molecule has 1 aromatic heterocycles. The van der Waals surface area contributed by atoms with Gasteiger partial charge < -0.3 is 5.73 Å². The van der Waals surface area contributed by atoms with Crippen molar-refractivity contribution in [1.82, 2.24) is 9.78 Å². The molecule has 0 bridgehead atoms. The van der Waals surface area contributed by atoms with Gasteiger partial charge in [0, 0.05) is 6.20 Å². The second-order valence-electron chi connectivity index (χ2n) is 3.31. The van der Waals surface area contributed by atoms with Crippen molar-refractivity contribution < 1.29 is 0 Å². The normalized spacial score (nSPS) is 10.9. The van der Waals surface area contributed by atoms with Gasteiger partial charge in [-0.15, -0.1) is 0 Å². The lowest BCUT2D eigenvalue weighted by Gasteiger charge is -1.94. The summed E-state index contributed by atoms with van der Waals surface area (Å²) in [4.78, 5) is 0. The van der Waals surface area contributed by atoms with E-state index in [4.69, 9.17) is 5.73 Å². The molecule has 0 spiro atoms. The van der Waals surface area contributed by atoms with Gasteiger partial charge in [-0.3, -0.25) is 4.68 Å². The Morgan fingerprint density at radius 3 is 2.73 bits per heavy atom. The van der Waals surface area contributed by atoms with E-state index >= 15 is 0 Å². The smallest absolute Gasteiger partial charge is 0.0719 e. The first-order chi connectivity index (χ1) is 7.34. The summed E-state index contributed by atoms with van der Waals surface area (Å²) in [5.74, 6) is 0. The SMILES string of the molecule is Nc1cnn(C/C=C/c2ccccc2)c1. The van der Waals surface area contributed by atoms with Crippen LogP contribution in [0.4, 0.5) is 5.69 Å². The largest absolute Gasteiger partial charge is 0.396 e. The van der Waals surface area contributed by atoms with E-state index < -0.39 is 0 Å². The molecule has 2 rings (SSSR count). The summed E-state index contributed by atoms with van der Waals surface area (Å²) < 4.78 is 1.80. The predicted octanol–water partition coefficient (Wildman–Crippen LogP) is 2.18. The highest BCUT2D eigenvalue weighted by molar-refractivity contribution is 5.48. The fraction of sp³-hybridized carbons (Fsp3) is 0.0833. The zero-order chi connectivity index (χ0) is 10.5. The van der Waals surface area contributed by atoms with Crippen molar-refractivity contribution in [2.45, 2.75) is 6.54 Å². The van der Waals surface area contributed by atoms with Crippen molar-refractivity contribution in [1.29, 1.82) is 0 Å². The number of hydrogen-bond acceptors (Lipinski definition) is 2. The second-order valence-corrected chi connectivity index (χ2v) is 3.31. The highest BCUT2D eigenvalue weighted by atomic mass is 15.3. The van der Waals surface area contributed by atoms with Crippen LogP contribution in [-0.4, -0.2) is 9.78 Å². The van der Waals surface area contributed by atoms with Gasteiger partial charge in [0.25, 0.3) is 0 Å². The number of benzene rings is 1. The van der Waals surface area contributed by atoms with E-state index in [1.54, 1.807) is 10.9 Å². The Morgan fingerprint density at radius 2 is 2.07 bits per heavy atom. The van der Waals surface area contributed by atoms with Crippen LogP contribution >= 0.6 is 0 Å². The van der Waals surface area contributed by atoms with Gasteiger partial charge in [0.05, 0.1) is 18.4 Å². The average molecular weight is 199 g/mol. The fourth-order valence-corrected chi connectivity index (χ4v) is 1.34. The van der Waals surface area contributed by atoms with Gasteiger partial charge in [-0.2, -0.15) is 5.10 Å². The molecule has 1 heterocycles. The lowest BCUT2D eigenvalue weighted by atomic mass is 10.2. The highest BCUT2D eigenvalue weighted by Gasteiger charge is 1.90. The van der Waals surface area contributed by atoms with Crippen molar-refractivity contribution in [3.05, 3.63) is 54.4 Å². The van der Waals surface area contributed by atoms with E-state index in [9.17, 15) is 0 Å². The van der Waals surface area contributed by atoms with Gasteiger partial charge in [-0.1, -0.05) is 42.5 Å². The molecule has 76 valence electrons. The molecule has 0 atom stereocenters. The topological polar surface area (TPSA) is 43.8 Å². The maximum atomic E-state index is 5.55. The van der Waals surface area contributed by atoms with Gasteiger partial charge in [0.15, 0.2) is 0 Å². The van der Waals surface area contributed by atoms with Crippen LogP contribution in [0.25, 0.3) is 6.08 Å². The monoisotopic (exact) mass is 199 g/mol. The third-order valence-corrected chi connectivity index (χ3v) is 2.06. The minimum Gasteiger partial charge on any atom is -0.396 e.